The lowest BCUT2D eigenvalue weighted by Gasteiger charge is -2.10. The van der Waals surface area contributed by atoms with Crippen LogP contribution < -0.4 is 10.6 Å². The summed E-state index contributed by atoms with van der Waals surface area (Å²) in [5, 5.41) is 6.16. The highest BCUT2D eigenvalue weighted by Gasteiger charge is 2.15. The van der Waals surface area contributed by atoms with Crippen molar-refractivity contribution in [1.82, 2.24) is 10.6 Å². The first-order valence-electron chi connectivity index (χ1n) is 5.76. The molecule has 0 spiro atoms. The van der Waals surface area contributed by atoms with Gasteiger partial charge >= 0.3 is 0 Å². The molecule has 15 heavy (non-hydrogen) atoms. The van der Waals surface area contributed by atoms with Crippen molar-refractivity contribution in [2.45, 2.75) is 32.7 Å². The normalized spacial score (nSPS) is 20.9. The first kappa shape index (κ1) is 12.5. The van der Waals surface area contributed by atoms with Gasteiger partial charge in [-0.25, -0.2) is 0 Å². The van der Waals surface area contributed by atoms with Crippen LogP contribution in [0.15, 0.2) is 0 Å². The van der Waals surface area contributed by atoms with Crippen LogP contribution in [0.1, 0.15) is 26.7 Å². The molecular weight excluding hydrogens is 192 g/mol. The van der Waals surface area contributed by atoms with E-state index in [0.717, 1.165) is 32.7 Å². The summed E-state index contributed by atoms with van der Waals surface area (Å²) in [6.07, 6.45) is 1.64. The zero-order chi connectivity index (χ0) is 11.1. The molecule has 0 saturated carbocycles. The third-order valence-electron chi connectivity index (χ3n) is 2.52. The minimum absolute atomic E-state index is 0.134. The van der Waals surface area contributed by atoms with Gasteiger partial charge in [0, 0.05) is 38.1 Å². The van der Waals surface area contributed by atoms with E-state index in [9.17, 15) is 4.79 Å². The van der Waals surface area contributed by atoms with E-state index < -0.39 is 0 Å². The minimum atomic E-state index is 0.134. The van der Waals surface area contributed by atoms with Gasteiger partial charge < -0.3 is 15.4 Å². The third kappa shape index (κ3) is 5.74. The van der Waals surface area contributed by atoms with E-state index in [1.165, 1.54) is 0 Å². The zero-order valence-corrected chi connectivity index (χ0v) is 9.71. The Morgan fingerprint density at radius 2 is 2.33 bits per heavy atom. The van der Waals surface area contributed by atoms with Crippen LogP contribution in [-0.2, 0) is 9.53 Å². The predicted molar refractivity (Wildman–Crippen MR) is 59.7 cm³/mol. The van der Waals surface area contributed by atoms with Crippen LogP contribution in [0.25, 0.3) is 0 Å². The summed E-state index contributed by atoms with van der Waals surface area (Å²) in [7, 11) is 0. The monoisotopic (exact) mass is 214 g/mol. The third-order valence-corrected chi connectivity index (χ3v) is 2.52. The lowest BCUT2D eigenvalue weighted by Crippen LogP contribution is -2.33. The quantitative estimate of drug-likeness (QED) is 0.678. The summed E-state index contributed by atoms with van der Waals surface area (Å²) in [6.45, 7) is 7.31. The van der Waals surface area contributed by atoms with Gasteiger partial charge in [0.15, 0.2) is 0 Å². The molecule has 0 aromatic heterocycles. The van der Waals surface area contributed by atoms with Crippen molar-refractivity contribution in [3.63, 3.8) is 0 Å². The van der Waals surface area contributed by atoms with Gasteiger partial charge in [-0.1, -0.05) is 13.8 Å². The Morgan fingerprint density at radius 3 is 2.93 bits per heavy atom. The van der Waals surface area contributed by atoms with Crippen molar-refractivity contribution in [1.29, 1.82) is 0 Å². The summed E-state index contributed by atoms with van der Waals surface area (Å²) < 4.78 is 5.24. The highest BCUT2D eigenvalue weighted by molar-refractivity contribution is 5.76. The summed E-state index contributed by atoms with van der Waals surface area (Å²) in [4.78, 5) is 11.4. The van der Waals surface area contributed by atoms with Crippen LogP contribution in [-0.4, -0.2) is 38.3 Å². The lowest BCUT2D eigenvalue weighted by atomic mass is 10.1. The van der Waals surface area contributed by atoms with E-state index in [4.69, 9.17) is 4.74 Å². The Labute approximate surface area is 91.8 Å². The molecule has 4 nitrogen and oxygen atoms in total. The van der Waals surface area contributed by atoms with Crippen molar-refractivity contribution >= 4 is 5.91 Å². The molecule has 1 amide bonds. The minimum Gasteiger partial charge on any atom is -0.381 e. The summed E-state index contributed by atoms with van der Waals surface area (Å²) in [6, 6.07) is 0.445. The Morgan fingerprint density at radius 1 is 1.53 bits per heavy atom. The molecule has 1 aliphatic heterocycles. The Kier molecular flexibility index (Phi) is 5.65. The van der Waals surface area contributed by atoms with Crippen molar-refractivity contribution in [2.75, 3.05) is 26.3 Å². The number of ether oxygens (including phenoxy) is 1. The molecule has 1 fully saturated rings. The molecule has 1 unspecified atom stereocenters. The van der Waals surface area contributed by atoms with Gasteiger partial charge in [-0.05, 0) is 6.42 Å². The molecular formula is C11H22N2O2. The number of carbonyl (C=O) groups is 1. The number of hydrogen-bond acceptors (Lipinski definition) is 3. The molecule has 0 aliphatic carbocycles. The molecule has 1 aliphatic rings. The van der Waals surface area contributed by atoms with Crippen molar-refractivity contribution < 1.29 is 9.53 Å². The maximum atomic E-state index is 11.4. The molecule has 1 rings (SSSR count). The Bertz CT molecular complexity index is 189. The van der Waals surface area contributed by atoms with Crippen molar-refractivity contribution in [3.05, 3.63) is 0 Å². The average Bonchev–Trinajstić information content (AvgIpc) is 2.66. The maximum absolute atomic E-state index is 11.4. The number of nitrogens with one attached hydrogen (secondary N) is 2. The summed E-state index contributed by atoms with van der Waals surface area (Å²) >= 11 is 0. The molecule has 4 heteroatoms. The summed E-state index contributed by atoms with van der Waals surface area (Å²) in [5.74, 6) is 0.655. The van der Waals surface area contributed by atoms with Crippen LogP contribution in [0.4, 0.5) is 0 Å². The molecule has 0 aromatic carbocycles. The molecule has 88 valence electrons. The number of rotatable bonds is 6. The van der Waals surface area contributed by atoms with E-state index >= 15 is 0 Å². The Balaban J connectivity index is 1.98. The fraction of sp³-hybridized carbons (Fsp3) is 0.909. The molecule has 0 aromatic rings. The maximum Gasteiger partial charge on any atom is 0.221 e. The fourth-order valence-electron chi connectivity index (χ4n) is 1.57. The molecule has 1 heterocycles. The first-order chi connectivity index (χ1) is 7.18. The Hall–Kier alpha value is -0.610. The largest absolute Gasteiger partial charge is 0.381 e. The highest BCUT2D eigenvalue weighted by atomic mass is 16.5. The second kappa shape index (κ2) is 6.80. The predicted octanol–water partition coefficient (Wildman–Crippen LogP) is 0.527. The van der Waals surface area contributed by atoms with Crippen LogP contribution in [0.3, 0.4) is 0 Å². The van der Waals surface area contributed by atoms with E-state index in [0.29, 0.717) is 18.4 Å². The van der Waals surface area contributed by atoms with E-state index in [1.54, 1.807) is 0 Å². The number of carbonyl (C=O) groups excluding carboxylic acids is 1. The van der Waals surface area contributed by atoms with Crippen molar-refractivity contribution in [3.8, 4) is 0 Å². The van der Waals surface area contributed by atoms with Gasteiger partial charge in [-0.15, -0.1) is 0 Å². The van der Waals surface area contributed by atoms with Crippen LogP contribution in [0, 0.1) is 5.92 Å². The first-order valence-corrected chi connectivity index (χ1v) is 5.76. The van der Waals surface area contributed by atoms with E-state index in [2.05, 4.69) is 24.5 Å². The van der Waals surface area contributed by atoms with Crippen LogP contribution in [0.5, 0.6) is 0 Å². The lowest BCUT2D eigenvalue weighted by molar-refractivity contribution is -0.121. The molecule has 1 atom stereocenters. The van der Waals surface area contributed by atoms with Crippen LogP contribution >= 0.6 is 0 Å². The van der Waals surface area contributed by atoms with E-state index in [1.807, 2.05) is 0 Å². The molecule has 1 saturated heterocycles. The number of hydrogen-bond donors (Lipinski definition) is 2. The highest BCUT2D eigenvalue weighted by Crippen LogP contribution is 2.10. The summed E-state index contributed by atoms with van der Waals surface area (Å²) in [5.41, 5.74) is 0. The molecule has 0 bridgehead atoms. The topological polar surface area (TPSA) is 50.4 Å². The second-order valence-corrected chi connectivity index (χ2v) is 4.39. The zero-order valence-electron chi connectivity index (χ0n) is 9.71. The smallest absolute Gasteiger partial charge is 0.221 e. The fourth-order valence-corrected chi connectivity index (χ4v) is 1.57. The van der Waals surface area contributed by atoms with Gasteiger partial charge in [-0.3, -0.25) is 4.79 Å². The van der Waals surface area contributed by atoms with Crippen LogP contribution in [0.2, 0.25) is 0 Å². The van der Waals surface area contributed by atoms with Crippen molar-refractivity contribution in [2.24, 2.45) is 5.92 Å². The molecule has 2 N–H and O–H groups in total. The number of amides is 1. The van der Waals surface area contributed by atoms with E-state index in [-0.39, 0.29) is 5.91 Å². The standard InChI is InChI=1S/C11H22N2O2/c1-9(2)12-5-3-11(14)13-7-10-4-6-15-8-10/h9-10,12H,3-8H2,1-2H3,(H,13,14). The van der Waals surface area contributed by atoms with Gasteiger partial charge in [-0.2, -0.15) is 0 Å². The second-order valence-electron chi connectivity index (χ2n) is 4.39. The van der Waals surface area contributed by atoms with Gasteiger partial charge in [0.05, 0.1) is 6.61 Å². The average molecular weight is 214 g/mol. The van der Waals surface area contributed by atoms with Gasteiger partial charge in [0.2, 0.25) is 5.91 Å². The SMILES string of the molecule is CC(C)NCCC(=O)NCC1CCOC1. The van der Waals surface area contributed by atoms with Gasteiger partial charge in [0.1, 0.15) is 0 Å². The van der Waals surface area contributed by atoms with Gasteiger partial charge in [0.25, 0.3) is 0 Å². The molecule has 0 radical (unpaired) electrons.